The predicted molar refractivity (Wildman–Crippen MR) is 77.3 cm³/mol. The maximum absolute atomic E-state index is 9.32. The van der Waals surface area contributed by atoms with Gasteiger partial charge in [-0.1, -0.05) is 25.1 Å². The topological polar surface area (TPSA) is 58.7 Å². The number of aliphatic hydroxyl groups is 1. The first-order chi connectivity index (χ1) is 9.15. The average molecular weight is 264 g/mol. The van der Waals surface area contributed by atoms with E-state index < -0.39 is 0 Å². The Morgan fingerprint density at radius 1 is 1.42 bits per heavy atom. The van der Waals surface area contributed by atoms with E-state index in [1.54, 1.807) is 0 Å². The molecule has 19 heavy (non-hydrogen) atoms. The van der Waals surface area contributed by atoms with E-state index in [9.17, 15) is 5.11 Å². The van der Waals surface area contributed by atoms with Crippen molar-refractivity contribution in [2.75, 3.05) is 24.6 Å². The van der Waals surface area contributed by atoms with Gasteiger partial charge in [-0.15, -0.1) is 0 Å². The number of hydrogen-bond acceptors (Lipinski definition) is 4. The number of para-hydroxylation sites is 1. The molecule has 4 heteroatoms. The Bertz CT molecular complexity index is 411. The van der Waals surface area contributed by atoms with Gasteiger partial charge in [-0.25, -0.2) is 0 Å². The highest BCUT2D eigenvalue weighted by atomic mass is 16.5. The lowest BCUT2D eigenvalue weighted by Gasteiger charge is -2.39. The van der Waals surface area contributed by atoms with Crippen LogP contribution in [0.3, 0.4) is 0 Å². The molecule has 1 heterocycles. The third-order valence-corrected chi connectivity index (χ3v) is 3.65. The molecule has 106 valence electrons. The molecule has 1 fully saturated rings. The van der Waals surface area contributed by atoms with E-state index in [4.69, 9.17) is 10.5 Å². The van der Waals surface area contributed by atoms with E-state index >= 15 is 0 Å². The number of rotatable bonds is 4. The van der Waals surface area contributed by atoms with Crippen molar-refractivity contribution in [1.82, 2.24) is 0 Å². The average Bonchev–Trinajstić information content (AvgIpc) is 2.45. The Kier molecular flexibility index (Phi) is 4.80. The van der Waals surface area contributed by atoms with Crippen LogP contribution in [-0.4, -0.2) is 37.0 Å². The first-order valence-electron chi connectivity index (χ1n) is 7.01. The fraction of sp³-hybridized carbons (Fsp3) is 0.600. The molecule has 2 rings (SSSR count). The lowest BCUT2D eigenvalue weighted by atomic mass is 10.0. The summed E-state index contributed by atoms with van der Waals surface area (Å²) in [7, 11) is 0. The standard InChI is InChI=1S/C15H24N2O2/c1-3-14(16)13-6-4-5-7-15(13)17-8-11(2)19-12(9-17)10-18/h4-7,11-12,14,18H,3,8-10,16H2,1-2H3/t11?,12?,14-/m0/s1. The van der Waals surface area contributed by atoms with Gasteiger partial charge in [0.2, 0.25) is 0 Å². The molecule has 2 unspecified atom stereocenters. The van der Waals surface area contributed by atoms with Crippen molar-refractivity contribution in [3.8, 4) is 0 Å². The van der Waals surface area contributed by atoms with Crippen LogP contribution in [-0.2, 0) is 4.74 Å². The molecule has 0 bridgehead atoms. The van der Waals surface area contributed by atoms with Crippen LogP contribution in [0.15, 0.2) is 24.3 Å². The summed E-state index contributed by atoms with van der Waals surface area (Å²) >= 11 is 0. The Morgan fingerprint density at radius 2 is 2.16 bits per heavy atom. The normalized spacial score (nSPS) is 25.4. The Hall–Kier alpha value is -1.10. The van der Waals surface area contributed by atoms with Crippen LogP contribution in [0.25, 0.3) is 0 Å². The van der Waals surface area contributed by atoms with Crippen LogP contribution in [0.4, 0.5) is 5.69 Å². The van der Waals surface area contributed by atoms with Crippen LogP contribution >= 0.6 is 0 Å². The summed E-state index contributed by atoms with van der Waals surface area (Å²) in [6.45, 7) is 5.75. The van der Waals surface area contributed by atoms with Crippen molar-refractivity contribution < 1.29 is 9.84 Å². The van der Waals surface area contributed by atoms with Crippen molar-refractivity contribution >= 4 is 5.69 Å². The first kappa shape index (κ1) is 14.3. The van der Waals surface area contributed by atoms with E-state index in [0.29, 0.717) is 6.54 Å². The minimum atomic E-state index is -0.116. The summed E-state index contributed by atoms with van der Waals surface area (Å²) in [5, 5.41) is 9.32. The molecule has 0 spiro atoms. The van der Waals surface area contributed by atoms with Gasteiger partial charge in [0, 0.05) is 24.8 Å². The van der Waals surface area contributed by atoms with Crippen molar-refractivity contribution in [3.05, 3.63) is 29.8 Å². The number of morpholine rings is 1. The fourth-order valence-electron chi connectivity index (χ4n) is 2.65. The van der Waals surface area contributed by atoms with E-state index in [0.717, 1.165) is 13.0 Å². The number of aliphatic hydroxyl groups excluding tert-OH is 1. The minimum Gasteiger partial charge on any atom is -0.394 e. The zero-order valence-electron chi connectivity index (χ0n) is 11.7. The molecule has 1 aromatic rings. The lowest BCUT2D eigenvalue weighted by molar-refractivity contribution is -0.0421. The number of hydrogen-bond donors (Lipinski definition) is 2. The molecular formula is C15H24N2O2. The molecule has 1 aliphatic rings. The van der Waals surface area contributed by atoms with Crippen LogP contribution in [0.2, 0.25) is 0 Å². The summed E-state index contributed by atoms with van der Waals surface area (Å²) in [6, 6.07) is 8.33. The van der Waals surface area contributed by atoms with Crippen molar-refractivity contribution in [1.29, 1.82) is 0 Å². The number of ether oxygens (including phenoxy) is 1. The van der Waals surface area contributed by atoms with Gasteiger partial charge in [0.15, 0.2) is 0 Å². The van der Waals surface area contributed by atoms with Crippen molar-refractivity contribution in [3.63, 3.8) is 0 Å². The number of benzene rings is 1. The highest BCUT2D eigenvalue weighted by Gasteiger charge is 2.26. The summed E-state index contributed by atoms with van der Waals surface area (Å²) in [5.74, 6) is 0. The predicted octanol–water partition coefficient (Wildman–Crippen LogP) is 1.68. The largest absolute Gasteiger partial charge is 0.394 e. The van der Waals surface area contributed by atoms with Gasteiger partial charge in [0.25, 0.3) is 0 Å². The Labute approximate surface area is 115 Å². The molecule has 3 atom stereocenters. The van der Waals surface area contributed by atoms with Crippen LogP contribution in [0.1, 0.15) is 31.9 Å². The second-order valence-corrected chi connectivity index (χ2v) is 5.23. The van der Waals surface area contributed by atoms with Gasteiger partial charge in [0.1, 0.15) is 0 Å². The quantitative estimate of drug-likeness (QED) is 0.868. The van der Waals surface area contributed by atoms with Gasteiger partial charge in [-0.05, 0) is 25.0 Å². The third-order valence-electron chi connectivity index (χ3n) is 3.65. The van der Waals surface area contributed by atoms with E-state index in [-0.39, 0.29) is 24.9 Å². The zero-order chi connectivity index (χ0) is 13.8. The van der Waals surface area contributed by atoms with Gasteiger partial charge in [0.05, 0.1) is 18.8 Å². The molecule has 1 saturated heterocycles. The molecule has 0 radical (unpaired) electrons. The van der Waals surface area contributed by atoms with Gasteiger partial charge in [-0.2, -0.15) is 0 Å². The molecule has 0 aromatic heterocycles. The molecule has 0 saturated carbocycles. The van der Waals surface area contributed by atoms with E-state index in [1.807, 2.05) is 19.1 Å². The second kappa shape index (κ2) is 6.37. The molecule has 0 amide bonds. The lowest BCUT2D eigenvalue weighted by Crippen LogP contribution is -2.48. The first-order valence-corrected chi connectivity index (χ1v) is 7.01. The zero-order valence-corrected chi connectivity index (χ0v) is 11.7. The Morgan fingerprint density at radius 3 is 2.84 bits per heavy atom. The van der Waals surface area contributed by atoms with Gasteiger partial charge in [-0.3, -0.25) is 0 Å². The number of anilines is 1. The third kappa shape index (κ3) is 3.26. The van der Waals surface area contributed by atoms with Gasteiger partial charge < -0.3 is 20.5 Å². The van der Waals surface area contributed by atoms with E-state index in [2.05, 4.69) is 24.0 Å². The monoisotopic (exact) mass is 264 g/mol. The maximum atomic E-state index is 9.32. The van der Waals surface area contributed by atoms with Gasteiger partial charge >= 0.3 is 0 Å². The summed E-state index contributed by atoms with van der Waals surface area (Å²) < 4.78 is 5.69. The molecular weight excluding hydrogens is 240 g/mol. The van der Waals surface area contributed by atoms with Crippen molar-refractivity contribution in [2.45, 2.75) is 38.5 Å². The number of nitrogens with two attached hydrogens (primary N) is 1. The Balaban J connectivity index is 2.25. The van der Waals surface area contributed by atoms with Crippen LogP contribution in [0.5, 0.6) is 0 Å². The number of nitrogens with zero attached hydrogens (tertiary/aromatic N) is 1. The molecule has 0 aliphatic carbocycles. The highest BCUT2D eigenvalue weighted by molar-refractivity contribution is 5.55. The van der Waals surface area contributed by atoms with Crippen LogP contribution in [0, 0.1) is 0 Å². The summed E-state index contributed by atoms with van der Waals surface area (Å²) in [4.78, 5) is 2.28. The highest BCUT2D eigenvalue weighted by Crippen LogP contribution is 2.29. The molecule has 3 N–H and O–H groups in total. The van der Waals surface area contributed by atoms with Crippen LogP contribution < -0.4 is 10.6 Å². The molecule has 1 aliphatic heterocycles. The summed E-state index contributed by atoms with van der Waals surface area (Å²) in [5.41, 5.74) is 8.54. The molecule has 1 aromatic carbocycles. The summed E-state index contributed by atoms with van der Waals surface area (Å²) in [6.07, 6.45) is 0.923. The van der Waals surface area contributed by atoms with Crippen molar-refractivity contribution in [2.24, 2.45) is 5.73 Å². The molecule has 4 nitrogen and oxygen atoms in total. The van der Waals surface area contributed by atoms with E-state index in [1.165, 1.54) is 11.3 Å². The smallest absolute Gasteiger partial charge is 0.0984 e. The SMILES string of the molecule is CC[C@H](N)c1ccccc1N1CC(C)OC(CO)C1. The second-order valence-electron chi connectivity index (χ2n) is 5.23. The maximum Gasteiger partial charge on any atom is 0.0984 e. The fourth-order valence-corrected chi connectivity index (χ4v) is 2.65. The minimum absolute atomic E-state index is 0.0573.